The Morgan fingerprint density at radius 2 is 1.82 bits per heavy atom. The molecule has 4 heteroatoms. The zero-order valence-electron chi connectivity index (χ0n) is 14.1. The van der Waals surface area contributed by atoms with Gasteiger partial charge < -0.3 is 4.90 Å². The summed E-state index contributed by atoms with van der Waals surface area (Å²) in [6.45, 7) is 7.07. The summed E-state index contributed by atoms with van der Waals surface area (Å²) in [4.78, 5) is 14.7. The van der Waals surface area contributed by atoms with Crippen LogP contribution >= 0.6 is 0 Å². The predicted octanol–water partition coefficient (Wildman–Crippen LogP) is 3.32. The molecule has 0 atom stereocenters. The number of carbonyl (C=O) groups excluding carboxylic acids is 1. The summed E-state index contributed by atoms with van der Waals surface area (Å²) in [5.41, 5.74) is 2.35. The minimum Gasteiger partial charge on any atom is -0.342 e. The van der Waals surface area contributed by atoms with Crippen LogP contribution in [-0.2, 0) is 11.3 Å². The summed E-state index contributed by atoms with van der Waals surface area (Å²) in [5.74, 6) is 1.42. The second kappa shape index (κ2) is 6.84. The lowest BCUT2D eigenvalue weighted by Gasteiger charge is -2.35. The molecule has 2 aliphatic rings. The summed E-state index contributed by atoms with van der Waals surface area (Å²) < 4.78 is 2.14. The van der Waals surface area contributed by atoms with Crippen molar-refractivity contribution < 1.29 is 4.79 Å². The summed E-state index contributed by atoms with van der Waals surface area (Å²) in [6, 6.07) is 2.14. The van der Waals surface area contributed by atoms with Gasteiger partial charge in [0.25, 0.3) is 0 Å². The molecule has 4 nitrogen and oxygen atoms in total. The topological polar surface area (TPSA) is 38.1 Å². The molecule has 1 aromatic rings. The lowest BCUT2D eigenvalue weighted by atomic mass is 9.87. The van der Waals surface area contributed by atoms with E-state index in [1.54, 1.807) is 0 Å². The van der Waals surface area contributed by atoms with Gasteiger partial charge in [0.15, 0.2) is 0 Å². The fraction of sp³-hybridized carbons (Fsp3) is 0.778. The zero-order chi connectivity index (χ0) is 15.5. The van der Waals surface area contributed by atoms with Crippen LogP contribution < -0.4 is 0 Å². The fourth-order valence-corrected chi connectivity index (χ4v) is 4.05. The molecule has 2 fully saturated rings. The average molecular weight is 303 g/mol. The van der Waals surface area contributed by atoms with E-state index in [9.17, 15) is 4.79 Å². The first-order chi connectivity index (χ1) is 10.6. The van der Waals surface area contributed by atoms with Gasteiger partial charge in [0.1, 0.15) is 0 Å². The number of likely N-dealkylation sites (tertiary alicyclic amines) is 1. The van der Waals surface area contributed by atoms with E-state index in [2.05, 4.69) is 34.6 Å². The van der Waals surface area contributed by atoms with Crippen LogP contribution in [-0.4, -0.2) is 33.7 Å². The minimum atomic E-state index is 0.321. The minimum absolute atomic E-state index is 0.321. The Hall–Kier alpha value is -1.32. The number of piperidine rings is 1. The second-order valence-electron chi connectivity index (χ2n) is 7.21. The van der Waals surface area contributed by atoms with Crippen LogP contribution in [0.2, 0.25) is 0 Å². The third kappa shape index (κ3) is 3.53. The molecule has 122 valence electrons. The normalized spacial score (nSPS) is 21.3. The van der Waals surface area contributed by atoms with E-state index < -0.39 is 0 Å². The van der Waals surface area contributed by atoms with Gasteiger partial charge in [-0.05, 0) is 51.5 Å². The molecule has 1 saturated heterocycles. The zero-order valence-corrected chi connectivity index (χ0v) is 14.1. The van der Waals surface area contributed by atoms with Crippen molar-refractivity contribution in [2.75, 3.05) is 13.1 Å². The highest BCUT2D eigenvalue weighted by Crippen LogP contribution is 2.28. The molecule has 0 unspecified atom stereocenters. The molecule has 0 radical (unpaired) electrons. The van der Waals surface area contributed by atoms with Gasteiger partial charge in [-0.25, -0.2) is 0 Å². The highest BCUT2D eigenvalue weighted by molar-refractivity contribution is 5.79. The summed E-state index contributed by atoms with van der Waals surface area (Å²) in [7, 11) is 0. The fourth-order valence-electron chi connectivity index (χ4n) is 4.05. The molecule has 1 aliphatic heterocycles. The smallest absolute Gasteiger partial charge is 0.225 e. The number of amides is 1. The third-order valence-corrected chi connectivity index (χ3v) is 5.42. The van der Waals surface area contributed by atoms with Crippen molar-refractivity contribution >= 4 is 5.91 Å². The highest BCUT2D eigenvalue weighted by atomic mass is 16.2. The van der Waals surface area contributed by atoms with Crippen LogP contribution in [0.15, 0.2) is 6.07 Å². The number of rotatable bonds is 3. The molecule has 1 amide bonds. The first-order valence-corrected chi connectivity index (χ1v) is 8.93. The SMILES string of the molecule is Cc1cc(C)n(CC2CCN(C(=O)C3CCCCC3)CC2)n1. The van der Waals surface area contributed by atoms with Gasteiger partial charge in [0.2, 0.25) is 5.91 Å². The molecule has 22 heavy (non-hydrogen) atoms. The molecular weight excluding hydrogens is 274 g/mol. The van der Waals surface area contributed by atoms with Crippen molar-refractivity contribution in [3.05, 3.63) is 17.5 Å². The second-order valence-corrected chi connectivity index (χ2v) is 7.21. The van der Waals surface area contributed by atoms with Gasteiger partial charge in [0.05, 0.1) is 5.69 Å². The Labute approximate surface area is 133 Å². The van der Waals surface area contributed by atoms with Crippen LogP contribution in [0.4, 0.5) is 0 Å². The lowest BCUT2D eigenvalue weighted by Crippen LogP contribution is -2.43. The molecule has 2 heterocycles. The highest BCUT2D eigenvalue weighted by Gasteiger charge is 2.29. The van der Waals surface area contributed by atoms with Crippen molar-refractivity contribution in [3.63, 3.8) is 0 Å². The first-order valence-electron chi connectivity index (χ1n) is 8.93. The molecule has 1 aliphatic carbocycles. The molecule has 0 spiro atoms. The lowest BCUT2D eigenvalue weighted by molar-refractivity contribution is -0.138. The monoisotopic (exact) mass is 303 g/mol. The van der Waals surface area contributed by atoms with Gasteiger partial charge in [-0.2, -0.15) is 5.10 Å². The summed E-state index contributed by atoms with van der Waals surface area (Å²) in [5, 5.41) is 4.57. The molecule has 0 N–H and O–H groups in total. The van der Waals surface area contributed by atoms with E-state index in [1.807, 2.05) is 0 Å². The molecule has 3 rings (SSSR count). The molecule has 1 saturated carbocycles. The number of carbonyl (C=O) groups is 1. The average Bonchev–Trinajstić information content (AvgIpc) is 2.86. The van der Waals surface area contributed by atoms with Crippen LogP contribution in [0.5, 0.6) is 0 Å². The molecular formula is C18H29N3O. The maximum Gasteiger partial charge on any atom is 0.225 e. The van der Waals surface area contributed by atoms with Gasteiger partial charge in [-0.15, -0.1) is 0 Å². The Bertz CT molecular complexity index is 508. The van der Waals surface area contributed by atoms with E-state index in [0.29, 0.717) is 17.7 Å². The van der Waals surface area contributed by atoms with E-state index in [-0.39, 0.29) is 0 Å². The van der Waals surface area contributed by atoms with Gasteiger partial charge in [-0.1, -0.05) is 19.3 Å². The predicted molar refractivity (Wildman–Crippen MR) is 87.6 cm³/mol. The third-order valence-electron chi connectivity index (χ3n) is 5.42. The van der Waals surface area contributed by atoms with Crippen LogP contribution in [0, 0.1) is 25.7 Å². The molecule has 0 aromatic carbocycles. The van der Waals surface area contributed by atoms with Crippen molar-refractivity contribution in [1.82, 2.24) is 14.7 Å². The Morgan fingerprint density at radius 1 is 1.14 bits per heavy atom. The van der Waals surface area contributed by atoms with Crippen molar-refractivity contribution in [2.24, 2.45) is 11.8 Å². The van der Waals surface area contributed by atoms with Crippen LogP contribution in [0.1, 0.15) is 56.3 Å². The number of aryl methyl sites for hydroxylation is 2. The van der Waals surface area contributed by atoms with E-state index >= 15 is 0 Å². The van der Waals surface area contributed by atoms with E-state index in [1.165, 1.54) is 25.0 Å². The van der Waals surface area contributed by atoms with Gasteiger partial charge in [0, 0.05) is 31.2 Å². The van der Waals surface area contributed by atoms with Crippen molar-refractivity contribution in [1.29, 1.82) is 0 Å². The molecule has 1 aromatic heterocycles. The Kier molecular flexibility index (Phi) is 4.84. The number of aromatic nitrogens is 2. The standard InChI is InChI=1S/C18H29N3O/c1-14-12-15(2)21(19-14)13-16-8-10-20(11-9-16)18(22)17-6-4-3-5-7-17/h12,16-17H,3-11,13H2,1-2H3. The largest absolute Gasteiger partial charge is 0.342 e. The van der Waals surface area contributed by atoms with E-state index in [4.69, 9.17) is 0 Å². The maximum atomic E-state index is 12.6. The summed E-state index contributed by atoms with van der Waals surface area (Å²) >= 11 is 0. The number of hydrogen-bond donors (Lipinski definition) is 0. The van der Waals surface area contributed by atoms with Crippen molar-refractivity contribution in [3.8, 4) is 0 Å². The Balaban J connectivity index is 1.49. The first kappa shape index (κ1) is 15.6. The van der Waals surface area contributed by atoms with Gasteiger partial charge >= 0.3 is 0 Å². The van der Waals surface area contributed by atoms with Crippen LogP contribution in [0.3, 0.4) is 0 Å². The summed E-state index contributed by atoms with van der Waals surface area (Å²) in [6.07, 6.45) is 8.27. The number of nitrogens with zero attached hydrogens (tertiary/aromatic N) is 3. The molecule has 0 bridgehead atoms. The Morgan fingerprint density at radius 3 is 2.41 bits per heavy atom. The maximum absolute atomic E-state index is 12.6. The number of hydrogen-bond acceptors (Lipinski definition) is 2. The van der Waals surface area contributed by atoms with Gasteiger partial charge in [-0.3, -0.25) is 9.48 Å². The van der Waals surface area contributed by atoms with Crippen molar-refractivity contribution in [2.45, 2.75) is 65.3 Å². The van der Waals surface area contributed by atoms with Crippen LogP contribution in [0.25, 0.3) is 0 Å². The van der Waals surface area contributed by atoms with E-state index in [0.717, 1.165) is 51.0 Å². The quantitative estimate of drug-likeness (QED) is 0.859.